The average molecular weight is 300 g/mol. The molecule has 1 fully saturated rings. The Morgan fingerprint density at radius 1 is 1.30 bits per heavy atom. The average Bonchev–Trinajstić information content (AvgIpc) is 2.46. The third-order valence-corrected chi connectivity index (χ3v) is 4.92. The van der Waals surface area contributed by atoms with Crippen LogP contribution in [0.3, 0.4) is 0 Å². The van der Waals surface area contributed by atoms with Gasteiger partial charge in [0.15, 0.2) is 0 Å². The Hall–Kier alpha value is -1.15. The van der Waals surface area contributed by atoms with Gasteiger partial charge in [0.25, 0.3) is 0 Å². The van der Waals surface area contributed by atoms with Crippen molar-refractivity contribution >= 4 is 15.7 Å². The molecule has 0 amide bonds. The van der Waals surface area contributed by atoms with Crippen molar-refractivity contribution in [3.05, 3.63) is 24.3 Å². The van der Waals surface area contributed by atoms with Crippen LogP contribution >= 0.6 is 0 Å². The molecule has 1 unspecified atom stereocenters. The predicted octanol–water partition coefficient (Wildman–Crippen LogP) is 0.764. The van der Waals surface area contributed by atoms with Crippen molar-refractivity contribution in [3.63, 3.8) is 0 Å². The lowest BCUT2D eigenvalue weighted by Crippen LogP contribution is -2.34. The molecule has 1 aliphatic rings. The fraction of sp³-hybridized carbons (Fsp3) is 0.538. The lowest BCUT2D eigenvalue weighted by atomic mass is 10.3. The van der Waals surface area contributed by atoms with Gasteiger partial charge in [-0.2, -0.15) is 0 Å². The number of rotatable bonds is 5. The van der Waals surface area contributed by atoms with Crippen LogP contribution in [-0.4, -0.2) is 59.3 Å². The number of benzene rings is 1. The number of sulfonamides is 1. The first kappa shape index (κ1) is 15.2. The minimum atomic E-state index is -3.46. The number of para-hydroxylation sites is 1. The van der Waals surface area contributed by atoms with Crippen LogP contribution in [0.2, 0.25) is 0 Å². The van der Waals surface area contributed by atoms with E-state index in [0.29, 0.717) is 32.1 Å². The van der Waals surface area contributed by atoms with Crippen molar-refractivity contribution in [3.8, 4) is 0 Å². The molecule has 112 valence electrons. The molecule has 0 aliphatic carbocycles. The zero-order valence-corrected chi connectivity index (χ0v) is 12.5. The summed E-state index contributed by atoms with van der Waals surface area (Å²) in [6, 6.07) is 6.85. The zero-order valence-electron chi connectivity index (χ0n) is 11.7. The summed E-state index contributed by atoms with van der Waals surface area (Å²) in [7, 11) is -0.426. The summed E-state index contributed by atoms with van der Waals surface area (Å²) in [6.07, 6.45) is -0.0566. The van der Waals surface area contributed by atoms with E-state index in [2.05, 4.69) is 5.32 Å². The van der Waals surface area contributed by atoms with Crippen molar-refractivity contribution in [2.24, 2.45) is 0 Å². The maximum absolute atomic E-state index is 12.2. The third kappa shape index (κ3) is 3.49. The predicted molar refractivity (Wildman–Crippen MR) is 76.4 cm³/mol. The van der Waals surface area contributed by atoms with Gasteiger partial charge in [0.1, 0.15) is 4.90 Å². The van der Waals surface area contributed by atoms with E-state index in [1.807, 2.05) is 0 Å². The Bertz CT molecular complexity index is 539. The molecule has 0 aromatic heterocycles. The SMILES string of the molecule is CN(C)S(=O)(=O)c1ccccc1NCC1COCCO1. The van der Waals surface area contributed by atoms with Gasteiger partial charge in [-0.05, 0) is 12.1 Å². The van der Waals surface area contributed by atoms with E-state index in [1.54, 1.807) is 24.3 Å². The third-order valence-electron chi connectivity index (χ3n) is 3.05. The summed E-state index contributed by atoms with van der Waals surface area (Å²) in [6.45, 7) is 2.22. The Labute approximate surface area is 119 Å². The van der Waals surface area contributed by atoms with Gasteiger partial charge in [-0.25, -0.2) is 12.7 Å². The minimum Gasteiger partial charge on any atom is -0.381 e. The highest BCUT2D eigenvalue weighted by atomic mass is 32.2. The van der Waals surface area contributed by atoms with Crippen LogP contribution in [0.15, 0.2) is 29.2 Å². The lowest BCUT2D eigenvalue weighted by Gasteiger charge is -2.24. The van der Waals surface area contributed by atoms with Gasteiger partial charge in [-0.15, -0.1) is 0 Å². The Kier molecular flexibility index (Phi) is 4.98. The van der Waals surface area contributed by atoms with Crippen molar-refractivity contribution in [2.45, 2.75) is 11.0 Å². The molecule has 0 bridgehead atoms. The van der Waals surface area contributed by atoms with Crippen LogP contribution < -0.4 is 5.32 Å². The van der Waals surface area contributed by atoms with E-state index in [1.165, 1.54) is 18.4 Å². The van der Waals surface area contributed by atoms with Crippen LogP contribution in [0.25, 0.3) is 0 Å². The van der Waals surface area contributed by atoms with Gasteiger partial charge in [0.2, 0.25) is 10.0 Å². The van der Waals surface area contributed by atoms with Crippen molar-refractivity contribution in [1.82, 2.24) is 4.31 Å². The molecule has 1 heterocycles. The van der Waals surface area contributed by atoms with E-state index in [0.717, 1.165) is 0 Å². The van der Waals surface area contributed by atoms with Gasteiger partial charge in [-0.3, -0.25) is 0 Å². The van der Waals surface area contributed by atoms with Crippen molar-refractivity contribution in [2.75, 3.05) is 45.8 Å². The molecular weight excluding hydrogens is 280 g/mol. The van der Waals surface area contributed by atoms with Crippen LogP contribution in [0.5, 0.6) is 0 Å². The monoisotopic (exact) mass is 300 g/mol. The molecule has 1 atom stereocenters. The van der Waals surface area contributed by atoms with Crippen molar-refractivity contribution in [1.29, 1.82) is 0 Å². The molecular formula is C13H20N2O4S. The van der Waals surface area contributed by atoms with Gasteiger partial charge in [0, 0.05) is 20.6 Å². The molecule has 0 radical (unpaired) electrons. The molecule has 1 saturated heterocycles. The summed E-state index contributed by atoms with van der Waals surface area (Å²) in [5.41, 5.74) is 0.579. The second-order valence-corrected chi connectivity index (χ2v) is 6.85. The number of hydrogen-bond donors (Lipinski definition) is 1. The first-order chi connectivity index (χ1) is 9.51. The van der Waals surface area contributed by atoms with Gasteiger partial charge < -0.3 is 14.8 Å². The highest BCUT2D eigenvalue weighted by molar-refractivity contribution is 7.89. The molecule has 6 nitrogen and oxygen atoms in total. The summed E-state index contributed by atoms with van der Waals surface area (Å²) < 4.78 is 36.5. The highest BCUT2D eigenvalue weighted by Gasteiger charge is 2.21. The molecule has 0 spiro atoms. The van der Waals surface area contributed by atoms with Crippen molar-refractivity contribution < 1.29 is 17.9 Å². The van der Waals surface area contributed by atoms with E-state index < -0.39 is 10.0 Å². The lowest BCUT2D eigenvalue weighted by molar-refractivity contribution is -0.0819. The maximum atomic E-state index is 12.2. The number of nitrogens with zero attached hydrogens (tertiary/aromatic N) is 1. The number of hydrogen-bond acceptors (Lipinski definition) is 5. The van der Waals surface area contributed by atoms with Gasteiger partial charge in [-0.1, -0.05) is 12.1 Å². The standard InChI is InChI=1S/C13H20N2O4S/c1-15(2)20(16,17)13-6-4-3-5-12(13)14-9-11-10-18-7-8-19-11/h3-6,11,14H,7-10H2,1-2H3. The van der Waals surface area contributed by atoms with Crippen LogP contribution in [0.4, 0.5) is 5.69 Å². The summed E-state index contributed by atoms with van der Waals surface area (Å²) >= 11 is 0. The topological polar surface area (TPSA) is 67.9 Å². The summed E-state index contributed by atoms with van der Waals surface area (Å²) in [5.74, 6) is 0. The minimum absolute atomic E-state index is 0.0566. The molecule has 2 rings (SSSR count). The summed E-state index contributed by atoms with van der Waals surface area (Å²) in [5, 5.41) is 3.13. The zero-order chi connectivity index (χ0) is 14.6. The maximum Gasteiger partial charge on any atom is 0.244 e. The molecule has 1 aromatic carbocycles. The Morgan fingerprint density at radius 3 is 2.70 bits per heavy atom. The first-order valence-electron chi connectivity index (χ1n) is 6.46. The largest absolute Gasteiger partial charge is 0.381 e. The second kappa shape index (κ2) is 6.53. The number of ether oxygens (including phenoxy) is 2. The normalized spacial score (nSPS) is 20.1. The summed E-state index contributed by atoms with van der Waals surface area (Å²) in [4.78, 5) is 0.265. The van der Waals surface area contributed by atoms with E-state index in [-0.39, 0.29) is 11.0 Å². The number of nitrogens with one attached hydrogen (secondary N) is 1. The quantitative estimate of drug-likeness (QED) is 0.870. The van der Waals surface area contributed by atoms with E-state index in [9.17, 15) is 8.42 Å². The van der Waals surface area contributed by atoms with Crippen LogP contribution in [0, 0.1) is 0 Å². The fourth-order valence-electron chi connectivity index (χ4n) is 1.91. The van der Waals surface area contributed by atoms with Gasteiger partial charge in [0.05, 0.1) is 31.6 Å². The van der Waals surface area contributed by atoms with E-state index >= 15 is 0 Å². The fourth-order valence-corrected chi connectivity index (χ4v) is 2.97. The first-order valence-corrected chi connectivity index (χ1v) is 7.90. The molecule has 1 aliphatic heterocycles. The van der Waals surface area contributed by atoms with E-state index in [4.69, 9.17) is 9.47 Å². The Balaban J connectivity index is 2.12. The van der Waals surface area contributed by atoms with Crippen LogP contribution in [-0.2, 0) is 19.5 Å². The highest BCUT2D eigenvalue weighted by Crippen LogP contribution is 2.23. The smallest absolute Gasteiger partial charge is 0.244 e. The molecule has 1 N–H and O–H groups in total. The second-order valence-electron chi connectivity index (χ2n) is 4.73. The number of anilines is 1. The molecule has 1 aromatic rings. The van der Waals surface area contributed by atoms with Crippen LogP contribution in [0.1, 0.15) is 0 Å². The Morgan fingerprint density at radius 2 is 2.05 bits per heavy atom. The van der Waals surface area contributed by atoms with Gasteiger partial charge >= 0.3 is 0 Å². The molecule has 0 saturated carbocycles. The molecule has 20 heavy (non-hydrogen) atoms. The molecule has 7 heteroatoms.